The van der Waals surface area contributed by atoms with Crippen LogP contribution in [0, 0.1) is 20.2 Å². The van der Waals surface area contributed by atoms with Gasteiger partial charge in [-0.3, -0.25) is 25.0 Å². The first kappa shape index (κ1) is 20.0. The lowest BCUT2D eigenvalue weighted by atomic mass is 10.2. The molecule has 11 nitrogen and oxygen atoms in total. The van der Waals surface area contributed by atoms with Crippen molar-refractivity contribution in [3.8, 4) is 11.4 Å². The van der Waals surface area contributed by atoms with Gasteiger partial charge >= 0.3 is 0 Å². The van der Waals surface area contributed by atoms with Crippen LogP contribution in [0.4, 0.5) is 17.1 Å². The summed E-state index contributed by atoms with van der Waals surface area (Å²) in [5, 5.41) is 21.6. The van der Waals surface area contributed by atoms with Gasteiger partial charge in [0.05, 0.1) is 25.8 Å². The van der Waals surface area contributed by atoms with Crippen LogP contribution in [-0.2, 0) is 10.0 Å². The number of rotatable bonds is 6. The van der Waals surface area contributed by atoms with Gasteiger partial charge in [-0.15, -0.1) is 0 Å². The molecule has 0 saturated heterocycles. The summed E-state index contributed by atoms with van der Waals surface area (Å²) < 4.78 is 27.4. The van der Waals surface area contributed by atoms with Gasteiger partial charge in [0.25, 0.3) is 21.4 Å². The fraction of sp³-hybridized carbons (Fsp3) is 0. The highest BCUT2D eigenvalue weighted by molar-refractivity contribution is 7.92. The topological polar surface area (TPSA) is 161 Å². The van der Waals surface area contributed by atoms with Gasteiger partial charge in [0.15, 0.2) is 0 Å². The second-order valence-corrected chi connectivity index (χ2v) is 8.16. The van der Waals surface area contributed by atoms with Crippen molar-refractivity contribution in [3.05, 3.63) is 87.0 Å². The predicted octanol–water partition coefficient (Wildman–Crippen LogP) is 3.85. The Kier molecular flexibility index (Phi) is 4.83. The van der Waals surface area contributed by atoms with Crippen molar-refractivity contribution in [2.45, 2.75) is 4.90 Å². The first-order chi connectivity index (χ1) is 14.7. The van der Waals surface area contributed by atoms with Crippen molar-refractivity contribution < 1.29 is 18.3 Å². The lowest BCUT2D eigenvalue weighted by Crippen LogP contribution is -2.12. The van der Waals surface area contributed by atoms with E-state index in [0.29, 0.717) is 22.4 Å². The van der Waals surface area contributed by atoms with Gasteiger partial charge in [-0.1, -0.05) is 0 Å². The summed E-state index contributed by atoms with van der Waals surface area (Å²) in [4.78, 5) is 27.8. The number of nitro groups is 2. The van der Waals surface area contributed by atoms with Crippen LogP contribution in [0.25, 0.3) is 22.4 Å². The van der Waals surface area contributed by atoms with Crippen molar-refractivity contribution in [2.75, 3.05) is 4.72 Å². The largest absolute Gasteiger partial charge is 0.338 e. The SMILES string of the molecule is O=[N+]([O-])c1ccc(S(=O)(=O)Nc2ccc(-c3nc4ccc([N+](=O)[O-])cc4[nH]3)cc2)cc1. The monoisotopic (exact) mass is 439 g/mol. The van der Waals surface area contributed by atoms with Gasteiger partial charge in [-0.2, -0.15) is 0 Å². The van der Waals surface area contributed by atoms with Crippen LogP contribution in [-0.4, -0.2) is 28.2 Å². The minimum atomic E-state index is -3.93. The van der Waals surface area contributed by atoms with Crippen LogP contribution >= 0.6 is 0 Å². The van der Waals surface area contributed by atoms with Crippen LogP contribution in [0.3, 0.4) is 0 Å². The number of anilines is 1. The average Bonchev–Trinajstić information content (AvgIpc) is 3.17. The number of sulfonamides is 1. The Balaban J connectivity index is 1.56. The quantitative estimate of drug-likeness (QED) is 0.340. The van der Waals surface area contributed by atoms with Crippen LogP contribution < -0.4 is 4.72 Å². The van der Waals surface area contributed by atoms with Crippen LogP contribution in [0.1, 0.15) is 0 Å². The molecule has 0 bridgehead atoms. The third-order valence-corrected chi connectivity index (χ3v) is 5.84. The Bertz CT molecular complexity index is 1410. The second kappa shape index (κ2) is 7.50. The molecule has 31 heavy (non-hydrogen) atoms. The molecule has 0 spiro atoms. The van der Waals surface area contributed by atoms with E-state index in [2.05, 4.69) is 14.7 Å². The highest BCUT2D eigenvalue weighted by Gasteiger charge is 2.16. The lowest BCUT2D eigenvalue weighted by molar-refractivity contribution is -0.385. The van der Waals surface area contributed by atoms with E-state index in [4.69, 9.17) is 0 Å². The zero-order valence-electron chi connectivity index (χ0n) is 15.6. The number of aromatic amines is 1. The molecule has 1 aromatic heterocycles. The van der Waals surface area contributed by atoms with Gasteiger partial charge in [0.2, 0.25) is 0 Å². The molecule has 0 atom stereocenters. The molecular formula is C19H13N5O6S. The number of fused-ring (bicyclic) bond motifs is 1. The maximum Gasteiger partial charge on any atom is 0.271 e. The van der Waals surface area contributed by atoms with E-state index < -0.39 is 19.9 Å². The molecule has 3 aromatic carbocycles. The molecule has 0 saturated carbocycles. The fourth-order valence-corrected chi connectivity index (χ4v) is 3.96. The number of nitro benzene ring substituents is 2. The number of hydrogen-bond acceptors (Lipinski definition) is 7. The highest BCUT2D eigenvalue weighted by atomic mass is 32.2. The van der Waals surface area contributed by atoms with Crippen molar-refractivity contribution in [1.29, 1.82) is 0 Å². The standard InChI is InChI=1S/C19H13N5O6S/c25-23(26)14-5-8-16(9-6-14)31(29,30)22-13-3-1-12(2-4-13)19-20-17-10-7-15(24(27)28)11-18(17)21-19/h1-11,22H,(H,20,21). The molecule has 0 unspecified atom stereocenters. The molecule has 0 aliphatic rings. The molecule has 1 heterocycles. The smallest absolute Gasteiger partial charge is 0.271 e. The Hall–Kier alpha value is -4.32. The van der Waals surface area contributed by atoms with E-state index >= 15 is 0 Å². The maximum atomic E-state index is 12.5. The van der Waals surface area contributed by atoms with Gasteiger partial charge in [-0.25, -0.2) is 13.4 Å². The minimum Gasteiger partial charge on any atom is -0.338 e. The van der Waals surface area contributed by atoms with Crippen LogP contribution in [0.2, 0.25) is 0 Å². The normalized spacial score (nSPS) is 11.4. The minimum absolute atomic E-state index is 0.0568. The van der Waals surface area contributed by atoms with E-state index in [1.807, 2.05) is 0 Å². The number of imidazole rings is 1. The summed E-state index contributed by atoms with van der Waals surface area (Å²) in [5.74, 6) is 0.472. The van der Waals surface area contributed by atoms with E-state index in [0.717, 1.165) is 24.3 Å². The van der Waals surface area contributed by atoms with Gasteiger partial charge < -0.3 is 4.98 Å². The molecule has 0 aliphatic carbocycles. The molecule has 0 fully saturated rings. The third-order valence-electron chi connectivity index (χ3n) is 4.44. The number of aromatic nitrogens is 2. The summed E-state index contributed by atoms with van der Waals surface area (Å²) in [6, 6.07) is 15.2. The summed E-state index contributed by atoms with van der Waals surface area (Å²) >= 11 is 0. The third kappa shape index (κ3) is 4.04. The maximum absolute atomic E-state index is 12.5. The Morgan fingerprint density at radius 2 is 1.45 bits per heavy atom. The summed E-state index contributed by atoms with van der Waals surface area (Å²) in [6.07, 6.45) is 0. The Labute approximate surface area is 174 Å². The molecule has 4 aromatic rings. The zero-order chi connectivity index (χ0) is 22.2. The highest BCUT2D eigenvalue weighted by Crippen LogP contribution is 2.26. The average molecular weight is 439 g/mol. The number of nitrogens with one attached hydrogen (secondary N) is 2. The molecule has 12 heteroatoms. The molecular weight excluding hydrogens is 426 g/mol. The first-order valence-corrected chi connectivity index (χ1v) is 10.2. The number of hydrogen-bond donors (Lipinski definition) is 2. The van der Waals surface area contributed by atoms with Gasteiger partial charge in [0.1, 0.15) is 5.82 Å². The Morgan fingerprint density at radius 3 is 2.06 bits per heavy atom. The van der Waals surface area contributed by atoms with E-state index in [-0.39, 0.29) is 22.0 Å². The van der Waals surface area contributed by atoms with Crippen LogP contribution in [0.5, 0.6) is 0 Å². The van der Waals surface area contributed by atoms with Crippen molar-refractivity contribution in [3.63, 3.8) is 0 Å². The number of benzene rings is 3. The van der Waals surface area contributed by atoms with Gasteiger partial charge in [-0.05, 0) is 42.5 Å². The first-order valence-electron chi connectivity index (χ1n) is 8.75. The number of H-pyrrole nitrogens is 1. The van der Waals surface area contributed by atoms with Crippen LogP contribution in [0.15, 0.2) is 71.6 Å². The predicted molar refractivity (Wildman–Crippen MR) is 112 cm³/mol. The summed E-state index contributed by atoms with van der Waals surface area (Å²) in [5.41, 5.74) is 1.74. The lowest BCUT2D eigenvalue weighted by Gasteiger charge is -2.08. The molecule has 0 radical (unpaired) electrons. The molecule has 2 N–H and O–H groups in total. The molecule has 0 aliphatic heterocycles. The van der Waals surface area contributed by atoms with Crippen molar-refractivity contribution >= 4 is 38.1 Å². The molecule has 156 valence electrons. The summed E-state index contributed by atoms with van der Waals surface area (Å²) in [7, 11) is -3.93. The summed E-state index contributed by atoms with van der Waals surface area (Å²) in [6.45, 7) is 0. The van der Waals surface area contributed by atoms with Gasteiger partial charge in [0, 0.05) is 35.5 Å². The number of non-ortho nitro benzene ring substituents is 2. The molecule has 4 rings (SSSR count). The Morgan fingerprint density at radius 1 is 0.839 bits per heavy atom. The second-order valence-electron chi connectivity index (χ2n) is 6.48. The fourth-order valence-electron chi connectivity index (χ4n) is 2.91. The van der Waals surface area contributed by atoms with Crippen molar-refractivity contribution in [1.82, 2.24) is 9.97 Å². The number of nitrogens with zero attached hydrogens (tertiary/aromatic N) is 3. The van der Waals surface area contributed by atoms with E-state index in [1.165, 1.54) is 24.3 Å². The van der Waals surface area contributed by atoms with Crippen molar-refractivity contribution in [2.24, 2.45) is 0 Å². The zero-order valence-corrected chi connectivity index (χ0v) is 16.4. The van der Waals surface area contributed by atoms with E-state index in [1.54, 1.807) is 18.2 Å². The van der Waals surface area contributed by atoms with E-state index in [9.17, 15) is 28.6 Å². The molecule has 0 amide bonds.